The standard InChI is InChI=1S/C21H37N5O2.HI/c1-6-22-21(23-15-17(2)26-11-13-28-14-12-26)24-16-20(25(3)4)18-7-9-19(27-5)10-8-18;/h7-10,17,20H,6,11-16H2,1-5H3,(H2,22,23,24);1H. The molecule has 2 N–H and O–H groups in total. The van der Waals surface area contributed by atoms with E-state index in [1.54, 1.807) is 7.11 Å². The van der Waals surface area contributed by atoms with Crippen LogP contribution in [-0.4, -0.2) is 88.9 Å². The number of aliphatic imine (C=N–C) groups is 1. The van der Waals surface area contributed by atoms with Gasteiger partial charge < -0.3 is 25.0 Å². The second-order valence-corrected chi connectivity index (χ2v) is 7.35. The molecule has 1 aliphatic rings. The van der Waals surface area contributed by atoms with Gasteiger partial charge in [-0.15, -0.1) is 24.0 Å². The van der Waals surface area contributed by atoms with Crippen LogP contribution in [0.25, 0.3) is 0 Å². The quantitative estimate of drug-likeness (QED) is 0.297. The molecule has 2 unspecified atom stereocenters. The number of hydrogen-bond donors (Lipinski definition) is 2. The van der Waals surface area contributed by atoms with E-state index in [0.29, 0.717) is 6.04 Å². The number of morpholine rings is 1. The van der Waals surface area contributed by atoms with Crippen LogP contribution >= 0.6 is 24.0 Å². The van der Waals surface area contributed by atoms with Crippen LogP contribution in [0.3, 0.4) is 0 Å². The number of rotatable bonds is 9. The van der Waals surface area contributed by atoms with Gasteiger partial charge >= 0.3 is 0 Å². The van der Waals surface area contributed by atoms with Crippen molar-refractivity contribution in [3.05, 3.63) is 29.8 Å². The topological polar surface area (TPSA) is 61.4 Å². The number of likely N-dealkylation sites (N-methyl/N-ethyl adjacent to an activating group) is 1. The first-order chi connectivity index (χ1) is 13.5. The Kier molecular flexibility index (Phi) is 12.5. The Morgan fingerprint density at radius 1 is 1.21 bits per heavy atom. The lowest BCUT2D eigenvalue weighted by atomic mass is 10.1. The fraction of sp³-hybridized carbons (Fsp3) is 0.667. The van der Waals surface area contributed by atoms with Gasteiger partial charge in [0.2, 0.25) is 0 Å². The third-order valence-electron chi connectivity index (χ3n) is 5.11. The van der Waals surface area contributed by atoms with Crippen molar-refractivity contribution in [3.63, 3.8) is 0 Å². The number of hydrogen-bond acceptors (Lipinski definition) is 5. The zero-order valence-electron chi connectivity index (χ0n) is 18.5. The summed E-state index contributed by atoms with van der Waals surface area (Å²) in [7, 11) is 5.89. The molecule has 0 amide bonds. The summed E-state index contributed by atoms with van der Waals surface area (Å²) in [5.41, 5.74) is 1.25. The van der Waals surface area contributed by atoms with Gasteiger partial charge in [-0.25, -0.2) is 0 Å². The molecule has 0 saturated carbocycles. The molecule has 7 nitrogen and oxygen atoms in total. The van der Waals surface area contributed by atoms with Gasteiger partial charge in [0.1, 0.15) is 5.75 Å². The van der Waals surface area contributed by atoms with E-state index < -0.39 is 0 Å². The average Bonchev–Trinajstić information content (AvgIpc) is 2.72. The molecule has 166 valence electrons. The number of halogens is 1. The molecule has 2 rings (SSSR count). The molecule has 0 radical (unpaired) electrons. The van der Waals surface area contributed by atoms with Gasteiger partial charge in [0, 0.05) is 32.2 Å². The zero-order chi connectivity index (χ0) is 20.4. The van der Waals surface area contributed by atoms with Crippen LogP contribution in [-0.2, 0) is 4.74 Å². The molecule has 1 saturated heterocycles. The predicted molar refractivity (Wildman–Crippen MR) is 131 cm³/mol. The Balaban J connectivity index is 0.00000420. The lowest BCUT2D eigenvalue weighted by Gasteiger charge is -2.31. The fourth-order valence-electron chi connectivity index (χ4n) is 3.32. The molecule has 0 aliphatic carbocycles. The monoisotopic (exact) mass is 519 g/mol. The fourth-order valence-corrected chi connectivity index (χ4v) is 3.32. The summed E-state index contributed by atoms with van der Waals surface area (Å²) in [6.45, 7) is 10.3. The lowest BCUT2D eigenvalue weighted by molar-refractivity contribution is 0.0220. The number of ether oxygens (including phenoxy) is 2. The Hall–Kier alpha value is -1.10. The molecule has 8 heteroatoms. The normalized spacial score (nSPS) is 17.4. The van der Waals surface area contributed by atoms with E-state index in [-0.39, 0.29) is 30.0 Å². The first kappa shape index (κ1) is 25.9. The molecule has 2 atom stereocenters. The average molecular weight is 519 g/mol. The van der Waals surface area contributed by atoms with Gasteiger partial charge in [0.25, 0.3) is 0 Å². The van der Waals surface area contributed by atoms with Crippen LogP contribution in [0.4, 0.5) is 0 Å². The van der Waals surface area contributed by atoms with Crippen molar-refractivity contribution in [1.29, 1.82) is 0 Å². The van der Waals surface area contributed by atoms with Gasteiger partial charge in [-0.2, -0.15) is 0 Å². The van der Waals surface area contributed by atoms with Crippen LogP contribution in [0.2, 0.25) is 0 Å². The van der Waals surface area contributed by atoms with Crippen LogP contribution in [0.5, 0.6) is 5.75 Å². The van der Waals surface area contributed by atoms with E-state index in [0.717, 1.165) is 57.6 Å². The lowest BCUT2D eigenvalue weighted by Crippen LogP contribution is -2.45. The third-order valence-corrected chi connectivity index (χ3v) is 5.11. The van der Waals surface area contributed by atoms with Gasteiger partial charge in [0.05, 0.1) is 32.9 Å². The summed E-state index contributed by atoms with van der Waals surface area (Å²) in [6.07, 6.45) is 0. The minimum atomic E-state index is 0. The van der Waals surface area contributed by atoms with E-state index >= 15 is 0 Å². The second kappa shape index (κ2) is 14.0. The van der Waals surface area contributed by atoms with Crippen molar-refractivity contribution in [1.82, 2.24) is 20.4 Å². The van der Waals surface area contributed by atoms with Gasteiger partial charge in [-0.1, -0.05) is 12.1 Å². The smallest absolute Gasteiger partial charge is 0.191 e. The highest BCUT2D eigenvalue weighted by Crippen LogP contribution is 2.20. The van der Waals surface area contributed by atoms with Gasteiger partial charge in [-0.05, 0) is 45.6 Å². The first-order valence-electron chi connectivity index (χ1n) is 10.2. The molecular weight excluding hydrogens is 481 g/mol. The van der Waals surface area contributed by atoms with E-state index in [1.165, 1.54) is 5.56 Å². The van der Waals surface area contributed by atoms with Crippen molar-refractivity contribution in [2.75, 3.05) is 67.1 Å². The van der Waals surface area contributed by atoms with Crippen molar-refractivity contribution in [2.24, 2.45) is 4.99 Å². The molecule has 1 aromatic carbocycles. The van der Waals surface area contributed by atoms with E-state index in [4.69, 9.17) is 14.5 Å². The van der Waals surface area contributed by atoms with Crippen molar-refractivity contribution < 1.29 is 9.47 Å². The van der Waals surface area contributed by atoms with Crippen LogP contribution in [0.15, 0.2) is 29.3 Å². The number of methoxy groups -OCH3 is 1. The second-order valence-electron chi connectivity index (χ2n) is 7.35. The van der Waals surface area contributed by atoms with Crippen LogP contribution in [0.1, 0.15) is 25.5 Å². The van der Waals surface area contributed by atoms with Crippen LogP contribution < -0.4 is 15.4 Å². The van der Waals surface area contributed by atoms with E-state index in [1.807, 2.05) is 12.1 Å². The van der Waals surface area contributed by atoms with Crippen molar-refractivity contribution in [2.45, 2.75) is 25.9 Å². The number of nitrogens with one attached hydrogen (secondary N) is 2. The Morgan fingerprint density at radius 2 is 1.86 bits per heavy atom. The van der Waals surface area contributed by atoms with Gasteiger partial charge in [-0.3, -0.25) is 9.89 Å². The van der Waals surface area contributed by atoms with Crippen LogP contribution in [0, 0.1) is 0 Å². The Morgan fingerprint density at radius 3 is 2.41 bits per heavy atom. The highest BCUT2D eigenvalue weighted by molar-refractivity contribution is 14.0. The summed E-state index contributed by atoms with van der Waals surface area (Å²) >= 11 is 0. The summed E-state index contributed by atoms with van der Waals surface area (Å²) in [6, 6.07) is 8.91. The molecule has 1 aromatic rings. The highest BCUT2D eigenvalue weighted by atomic mass is 127. The summed E-state index contributed by atoms with van der Waals surface area (Å²) < 4.78 is 10.7. The van der Waals surface area contributed by atoms with Crippen molar-refractivity contribution >= 4 is 29.9 Å². The molecule has 0 aromatic heterocycles. The molecule has 0 spiro atoms. The number of guanidine groups is 1. The SMILES string of the molecule is CCNC(=NCC(C)N1CCOCC1)NCC(c1ccc(OC)cc1)N(C)C.I. The third kappa shape index (κ3) is 8.65. The Bertz CT molecular complexity index is 591. The number of benzene rings is 1. The van der Waals surface area contributed by atoms with Gasteiger partial charge in [0.15, 0.2) is 5.96 Å². The Labute approximate surface area is 193 Å². The first-order valence-corrected chi connectivity index (χ1v) is 10.2. The maximum Gasteiger partial charge on any atom is 0.191 e. The number of nitrogens with zero attached hydrogens (tertiary/aromatic N) is 3. The maximum atomic E-state index is 5.44. The minimum Gasteiger partial charge on any atom is -0.497 e. The maximum absolute atomic E-state index is 5.44. The highest BCUT2D eigenvalue weighted by Gasteiger charge is 2.18. The largest absolute Gasteiger partial charge is 0.497 e. The summed E-state index contributed by atoms with van der Waals surface area (Å²) in [4.78, 5) is 9.47. The minimum absolute atomic E-state index is 0. The molecule has 29 heavy (non-hydrogen) atoms. The van der Waals surface area contributed by atoms with E-state index in [2.05, 4.69) is 60.5 Å². The molecule has 0 bridgehead atoms. The summed E-state index contributed by atoms with van der Waals surface area (Å²) in [5.74, 6) is 1.74. The van der Waals surface area contributed by atoms with Crippen molar-refractivity contribution in [3.8, 4) is 5.75 Å². The molecule has 1 fully saturated rings. The predicted octanol–water partition coefficient (Wildman–Crippen LogP) is 2.19. The summed E-state index contributed by atoms with van der Waals surface area (Å²) in [5, 5.41) is 6.87. The zero-order valence-corrected chi connectivity index (χ0v) is 20.8. The molecule has 1 heterocycles. The molecular formula is C21H38IN5O2. The molecule has 1 aliphatic heterocycles. The van der Waals surface area contributed by atoms with E-state index in [9.17, 15) is 0 Å².